The molecule has 0 aliphatic rings. The molecule has 0 atom stereocenters. The van der Waals surface area contributed by atoms with Gasteiger partial charge >= 0.3 is 5.97 Å². The number of nitrogens with one attached hydrogen (secondary N) is 1. The highest BCUT2D eigenvalue weighted by atomic mass is 16.5. The Hall–Kier alpha value is -2.82. The summed E-state index contributed by atoms with van der Waals surface area (Å²) in [6, 6.07) is 9.72. The first-order valence-corrected chi connectivity index (χ1v) is 8.08. The highest BCUT2D eigenvalue weighted by molar-refractivity contribution is 6.05. The van der Waals surface area contributed by atoms with Gasteiger partial charge in [0.2, 0.25) is 0 Å². The van der Waals surface area contributed by atoms with Crippen LogP contribution in [0.15, 0.2) is 47.2 Å². The zero-order chi connectivity index (χ0) is 16.9. The van der Waals surface area contributed by atoms with E-state index in [1.165, 1.54) is 0 Å². The molecule has 1 aromatic carbocycles. The quantitative estimate of drug-likeness (QED) is 0.689. The lowest BCUT2D eigenvalue weighted by Gasteiger charge is -2.14. The summed E-state index contributed by atoms with van der Waals surface area (Å²) in [4.78, 5) is 16.8. The fourth-order valence-corrected chi connectivity index (χ4v) is 2.71. The Morgan fingerprint density at radius 1 is 1.25 bits per heavy atom. The van der Waals surface area contributed by atoms with Crippen molar-refractivity contribution in [3.05, 3.63) is 59.7 Å². The SMILES string of the molecule is CCOC(=O)c1cnc2c(CC)cccc2c1NCc1ccco1. The van der Waals surface area contributed by atoms with Crippen molar-refractivity contribution in [1.29, 1.82) is 0 Å². The summed E-state index contributed by atoms with van der Waals surface area (Å²) in [5, 5.41) is 4.22. The average Bonchev–Trinajstić information content (AvgIpc) is 3.12. The predicted octanol–water partition coefficient (Wildman–Crippen LogP) is 4.18. The Morgan fingerprint density at radius 2 is 2.12 bits per heavy atom. The molecule has 3 aromatic rings. The molecule has 2 heterocycles. The van der Waals surface area contributed by atoms with Crippen LogP contribution in [0.4, 0.5) is 5.69 Å². The van der Waals surface area contributed by atoms with Crippen LogP contribution in [0.5, 0.6) is 0 Å². The van der Waals surface area contributed by atoms with Crippen LogP contribution in [0, 0.1) is 0 Å². The van der Waals surface area contributed by atoms with Gasteiger partial charge in [-0.05, 0) is 31.0 Å². The van der Waals surface area contributed by atoms with Crippen molar-refractivity contribution in [3.63, 3.8) is 0 Å². The second-order valence-electron chi connectivity index (χ2n) is 5.37. The number of ether oxygens (including phenoxy) is 1. The molecule has 0 amide bonds. The number of hydrogen-bond donors (Lipinski definition) is 1. The minimum absolute atomic E-state index is 0.323. The van der Waals surface area contributed by atoms with Gasteiger partial charge in [0.15, 0.2) is 0 Å². The van der Waals surface area contributed by atoms with Gasteiger partial charge in [-0.15, -0.1) is 0 Å². The van der Waals surface area contributed by atoms with E-state index in [-0.39, 0.29) is 5.97 Å². The molecule has 1 N–H and O–H groups in total. The molecule has 2 aromatic heterocycles. The summed E-state index contributed by atoms with van der Waals surface area (Å²) < 4.78 is 10.5. The van der Waals surface area contributed by atoms with E-state index >= 15 is 0 Å². The zero-order valence-corrected chi connectivity index (χ0v) is 13.8. The Morgan fingerprint density at radius 3 is 2.83 bits per heavy atom. The zero-order valence-electron chi connectivity index (χ0n) is 13.8. The van der Waals surface area contributed by atoms with Crippen molar-refractivity contribution in [1.82, 2.24) is 4.98 Å². The lowest BCUT2D eigenvalue weighted by atomic mass is 10.0. The molecule has 0 saturated heterocycles. The van der Waals surface area contributed by atoms with Gasteiger partial charge in [0.25, 0.3) is 0 Å². The van der Waals surface area contributed by atoms with E-state index in [2.05, 4.69) is 23.3 Å². The fourth-order valence-electron chi connectivity index (χ4n) is 2.71. The number of esters is 1. The van der Waals surface area contributed by atoms with Crippen molar-refractivity contribution in [2.75, 3.05) is 11.9 Å². The molecular formula is C19H20N2O3. The molecule has 124 valence electrons. The van der Waals surface area contributed by atoms with Crippen LogP contribution in [0.2, 0.25) is 0 Å². The van der Waals surface area contributed by atoms with Crippen molar-refractivity contribution < 1.29 is 13.9 Å². The van der Waals surface area contributed by atoms with Gasteiger partial charge in [0, 0.05) is 11.6 Å². The lowest BCUT2D eigenvalue weighted by Crippen LogP contribution is -2.11. The number of nitrogens with zero attached hydrogens (tertiary/aromatic N) is 1. The first kappa shape index (κ1) is 16.1. The first-order chi connectivity index (χ1) is 11.7. The van der Waals surface area contributed by atoms with Crippen LogP contribution < -0.4 is 5.32 Å². The average molecular weight is 324 g/mol. The molecule has 0 saturated carbocycles. The number of hydrogen-bond acceptors (Lipinski definition) is 5. The molecule has 5 heteroatoms. The summed E-state index contributed by atoms with van der Waals surface area (Å²) in [5.74, 6) is 0.414. The number of pyridine rings is 1. The Labute approximate surface area is 140 Å². The maximum atomic E-state index is 12.3. The molecule has 0 fully saturated rings. The van der Waals surface area contributed by atoms with E-state index < -0.39 is 0 Å². The number of fused-ring (bicyclic) bond motifs is 1. The smallest absolute Gasteiger partial charge is 0.341 e. The van der Waals surface area contributed by atoms with Gasteiger partial charge in [-0.1, -0.05) is 25.1 Å². The molecule has 5 nitrogen and oxygen atoms in total. The highest BCUT2D eigenvalue weighted by Crippen LogP contribution is 2.29. The number of aromatic nitrogens is 1. The molecular weight excluding hydrogens is 304 g/mol. The van der Waals surface area contributed by atoms with E-state index in [1.807, 2.05) is 24.3 Å². The molecule has 0 aliphatic heterocycles. The molecule has 24 heavy (non-hydrogen) atoms. The second kappa shape index (κ2) is 7.17. The predicted molar refractivity (Wildman–Crippen MR) is 93.1 cm³/mol. The highest BCUT2D eigenvalue weighted by Gasteiger charge is 2.17. The summed E-state index contributed by atoms with van der Waals surface area (Å²) in [7, 11) is 0. The Kier molecular flexibility index (Phi) is 4.79. The molecule has 3 rings (SSSR count). The summed E-state index contributed by atoms with van der Waals surface area (Å²) in [6.07, 6.45) is 4.09. The number of aryl methyl sites for hydroxylation is 1. The Balaban J connectivity index is 2.08. The number of rotatable bonds is 6. The van der Waals surface area contributed by atoms with Crippen LogP contribution in [0.3, 0.4) is 0 Å². The number of benzene rings is 1. The van der Waals surface area contributed by atoms with Gasteiger partial charge in [-0.25, -0.2) is 4.79 Å². The third-order valence-electron chi connectivity index (χ3n) is 3.88. The molecule has 0 spiro atoms. The topological polar surface area (TPSA) is 64.4 Å². The van der Waals surface area contributed by atoms with Gasteiger partial charge in [0.1, 0.15) is 11.3 Å². The van der Waals surface area contributed by atoms with Crippen LogP contribution in [-0.2, 0) is 17.7 Å². The molecule has 0 aliphatic carbocycles. The number of carbonyl (C=O) groups is 1. The summed E-state index contributed by atoms with van der Waals surface area (Å²) in [5.41, 5.74) is 3.20. The van der Waals surface area contributed by atoms with Gasteiger partial charge < -0.3 is 14.5 Å². The first-order valence-electron chi connectivity index (χ1n) is 8.08. The van der Waals surface area contributed by atoms with Crippen LogP contribution >= 0.6 is 0 Å². The van der Waals surface area contributed by atoms with Gasteiger partial charge in [-0.3, -0.25) is 4.98 Å². The minimum Gasteiger partial charge on any atom is -0.467 e. The maximum Gasteiger partial charge on any atom is 0.341 e. The van der Waals surface area contributed by atoms with Crippen molar-refractivity contribution in [3.8, 4) is 0 Å². The normalized spacial score (nSPS) is 10.8. The number of carbonyl (C=O) groups excluding carboxylic acids is 1. The van der Waals surface area contributed by atoms with Crippen LogP contribution in [0.1, 0.15) is 35.5 Å². The maximum absolute atomic E-state index is 12.3. The van der Waals surface area contributed by atoms with Crippen LogP contribution in [0.25, 0.3) is 10.9 Å². The lowest BCUT2D eigenvalue weighted by molar-refractivity contribution is 0.0527. The fraction of sp³-hybridized carbons (Fsp3) is 0.263. The standard InChI is InChI=1S/C19H20N2O3/c1-3-13-7-5-9-15-17(13)21-12-16(19(22)23-4-2)18(15)20-11-14-8-6-10-24-14/h5-10,12H,3-4,11H2,1-2H3,(H,20,21). The largest absolute Gasteiger partial charge is 0.467 e. The van der Waals surface area contributed by atoms with Gasteiger partial charge in [-0.2, -0.15) is 0 Å². The second-order valence-corrected chi connectivity index (χ2v) is 5.37. The number of furan rings is 1. The molecule has 0 radical (unpaired) electrons. The summed E-state index contributed by atoms with van der Waals surface area (Å²) in [6.45, 7) is 4.68. The number of anilines is 1. The van der Waals surface area contributed by atoms with Crippen molar-refractivity contribution in [2.45, 2.75) is 26.8 Å². The third-order valence-corrected chi connectivity index (χ3v) is 3.88. The van der Waals surface area contributed by atoms with Crippen molar-refractivity contribution >= 4 is 22.6 Å². The van der Waals surface area contributed by atoms with E-state index in [1.54, 1.807) is 19.4 Å². The van der Waals surface area contributed by atoms with E-state index in [9.17, 15) is 4.79 Å². The van der Waals surface area contributed by atoms with Crippen LogP contribution in [-0.4, -0.2) is 17.6 Å². The molecule has 0 bridgehead atoms. The van der Waals surface area contributed by atoms with Gasteiger partial charge in [0.05, 0.1) is 30.6 Å². The number of para-hydroxylation sites is 1. The Bertz CT molecular complexity index is 841. The molecule has 0 unspecified atom stereocenters. The third kappa shape index (κ3) is 3.11. The summed E-state index contributed by atoms with van der Waals surface area (Å²) >= 11 is 0. The van der Waals surface area contributed by atoms with E-state index in [0.717, 1.165) is 34.3 Å². The van der Waals surface area contributed by atoms with E-state index in [0.29, 0.717) is 18.7 Å². The van der Waals surface area contributed by atoms with E-state index in [4.69, 9.17) is 9.15 Å². The minimum atomic E-state index is -0.379. The monoisotopic (exact) mass is 324 g/mol. The van der Waals surface area contributed by atoms with Crippen molar-refractivity contribution in [2.24, 2.45) is 0 Å².